The van der Waals surface area contributed by atoms with Crippen LogP contribution in [-0.4, -0.2) is 22.9 Å². The van der Waals surface area contributed by atoms with Crippen LogP contribution in [0.1, 0.15) is 24.5 Å². The van der Waals surface area contributed by atoms with Gasteiger partial charge in [0, 0.05) is 29.1 Å². The van der Waals surface area contributed by atoms with E-state index < -0.39 is 0 Å². The van der Waals surface area contributed by atoms with E-state index in [-0.39, 0.29) is 0 Å². The molecule has 0 radical (unpaired) electrons. The number of nitrogens with one attached hydrogen (secondary N) is 1. The minimum Gasteiger partial charge on any atom is -0.317 e. The number of hydrogen-bond acceptors (Lipinski definition) is 3. The number of aromatic nitrogens is 2. The summed E-state index contributed by atoms with van der Waals surface area (Å²) >= 11 is 5.32. The summed E-state index contributed by atoms with van der Waals surface area (Å²) in [4.78, 5) is 1.31. The van der Waals surface area contributed by atoms with Crippen LogP contribution >= 0.6 is 27.3 Å². The van der Waals surface area contributed by atoms with Crippen molar-refractivity contribution < 1.29 is 0 Å². The van der Waals surface area contributed by atoms with E-state index in [4.69, 9.17) is 0 Å². The van der Waals surface area contributed by atoms with Gasteiger partial charge in [0.2, 0.25) is 0 Å². The summed E-state index contributed by atoms with van der Waals surface area (Å²) in [6, 6.07) is 4.29. The van der Waals surface area contributed by atoms with Crippen LogP contribution in [-0.2, 0) is 7.05 Å². The maximum absolute atomic E-state index is 4.47. The molecule has 3 heterocycles. The molecule has 0 amide bonds. The summed E-state index contributed by atoms with van der Waals surface area (Å²) in [6.07, 6.45) is 4.42. The van der Waals surface area contributed by atoms with Crippen LogP contribution in [0.15, 0.2) is 22.1 Å². The first kappa shape index (κ1) is 12.4. The molecule has 0 aliphatic carbocycles. The highest BCUT2D eigenvalue weighted by Crippen LogP contribution is 2.38. The van der Waals surface area contributed by atoms with Gasteiger partial charge in [0.05, 0.1) is 9.98 Å². The van der Waals surface area contributed by atoms with E-state index in [2.05, 4.69) is 50.2 Å². The summed E-state index contributed by atoms with van der Waals surface area (Å²) in [6.45, 7) is 2.23. The number of nitrogens with zero attached hydrogens (tertiary/aromatic N) is 2. The van der Waals surface area contributed by atoms with Crippen molar-refractivity contribution in [2.24, 2.45) is 7.05 Å². The average Bonchev–Trinajstić information content (AvgIpc) is 2.96. The first-order valence-corrected chi connectivity index (χ1v) is 7.85. The van der Waals surface area contributed by atoms with Gasteiger partial charge in [-0.3, -0.25) is 4.68 Å². The second kappa shape index (κ2) is 5.15. The summed E-state index contributed by atoms with van der Waals surface area (Å²) < 4.78 is 3.23. The standard InChI is InChI=1S/C13H16BrN3S/c1-17-13(9-4-6-15-7-5-9)10(8-16-17)11-2-3-12(14)18-11/h2-3,8-9,15H,4-7H2,1H3. The van der Waals surface area contributed by atoms with Crippen molar-refractivity contribution in [1.29, 1.82) is 0 Å². The quantitative estimate of drug-likeness (QED) is 0.917. The van der Waals surface area contributed by atoms with Crippen LogP contribution in [0.5, 0.6) is 0 Å². The third kappa shape index (κ3) is 2.27. The third-order valence-corrected chi connectivity index (χ3v) is 5.21. The van der Waals surface area contributed by atoms with E-state index in [1.54, 1.807) is 11.3 Å². The summed E-state index contributed by atoms with van der Waals surface area (Å²) in [5, 5.41) is 7.89. The van der Waals surface area contributed by atoms with Crippen LogP contribution in [0, 0.1) is 0 Å². The Balaban J connectivity index is 2.00. The second-order valence-corrected chi connectivity index (χ2v) is 7.16. The van der Waals surface area contributed by atoms with Crippen molar-refractivity contribution in [3.63, 3.8) is 0 Å². The van der Waals surface area contributed by atoms with E-state index in [0.29, 0.717) is 5.92 Å². The molecule has 18 heavy (non-hydrogen) atoms. The van der Waals surface area contributed by atoms with E-state index >= 15 is 0 Å². The minimum absolute atomic E-state index is 0.634. The van der Waals surface area contributed by atoms with Gasteiger partial charge in [0.1, 0.15) is 0 Å². The number of rotatable bonds is 2. The highest BCUT2D eigenvalue weighted by Gasteiger charge is 2.23. The van der Waals surface area contributed by atoms with Gasteiger partial charge in [-0.1, -0.05) is 0 Å². The molecule has 1 aliphatic rings. The first-order valence-electron chi connectivity index (χ1n) is 6.24. The Hall–Kier alpha value is -0.650. The minimum atomic E-state index is 0.634. The van der Waals surface area contributed by atoms with Gasteiger partial charge in [-0.25, -0.2) is 0 Å². The molecule has 1 saturated heterocycles. The lowest BCUT2D eigenvalue weighted by Gasteiger charge is -2.23. The smallest absolute Gasteiger partial charge is 0.0705 e. The number of thiophene rings is 1. The van der Waals surface area contributed by atoms with Crippen LogP contribution in [0.3, 0.4) is 0 Å². The van der Waals surface area contributed by atoms with Crippen molar-refractivity contribution in [3.05, 3.63) is 27.8 Å². The van der Waals surface area contributed by atoms with E-state index in [1.165, 1.54) is 32.8 Å². The van der Waals surface area contributed by atoms with Crippen LogP contribution < -0.4 is 5.32 Å². The highest BCUT2D eigenvalue weighted by molar-refractivity contribution is 9.11. The molecule has 0 unspecified atom stereocenters. The van der Waals surface area contributed by atoms with Crippen LogP contribution in [0.25, 0.3) is 10.4 Å². The molecule has 0 aromatic carbocycles. The second-order valence-electron chi connectivity index (χ2n) is 4.70. The van der Waals surface area contributed by atoms with Gasteiger partial charge in [0.25, 0.3) is 0 Å². The zero-order valence-electron chi connectivity index (χ0n) is 10.3. The lowest BCUT2D eigenvalue weighted by molar-refractivity contribution is 0.440. The molecule has 3 rings (SSSR count). The van der Waals surface area contributed by atoms with Crippen molar-refractivity contribution in [3.8, 4) is 10.4 Å². The largest absolute Gasteiger partial charge is 0.317 e. The molecular formula is C13H16BrN3S. The number of aryl methyl sites for hydroxylation is 1. The third-order valence-electron chi connectivity index (χ3n) is 3.55. The molecule has 1 aliphatic heterocycles. The maximum atomic E-state index is 4.47. The average molecular weight is 326 g/mol. The van der Waals surface area contributed by atoms with E-state index in [9.17, 15) is 0 Å². The number of hydrogen-bond donors (Lipinski definition) is 1. The number of halogens is 1. The van der Waals surface area contributed by atoms with Gasteiger partial charge in [-0.2, -0.15) is 5.10 Å². The fourth-order valence-corrected chi connectivity index (χ4v) is 4.08. The monoisotopic (exact) mass is 325 g/mol. The number of piperidine rings is 1. The Bertz CT molecular complexity index is 540. The zero-order valence-corrected chi connectivity index (χ0v) is 12.7. The molecule has 3 nitrogen and oxygen atoms in total. The molecule has 96 valence electrons. The Morgan fingerprint density at radius 2 is 2.17 bits per heavy atom. The predicted octanol–water partition coefficient (Wildman–Crippen LogP) is 3.38. The van der Waals surface area contributed by atoms with Crippen LogP contribution in [0.2, 0.25) is 0 Å². The predicted molar refractivity (Wildman–Crippen MR) is 79.1 cm³/mol. The SMILES string of the molecule is Cn1ncc(-c2ccc(Br)s2)c1C1CCNCC1. The highest BCUT2D eigenvalue weighted by atomic mass is 79.9. The van der Waals surface area contributed by atoms with Crippen molar-refractivity contribution in [2.75, 3.05) is 13.1 Å². The summed E-state index contributed by atoms with van der Waals surface area (Å²) in [5.74, 6) is 0.634. The fourth-order valence-electron chi connectivity index (χ4n) is 2.68. The van der Waals surface area contributed by atoms with Crippen molar-refractivity contribution in [1.82, 2.24) is 15.1 Å². The van der Waals surface area contributed by atoms with Crippen molar-refractivity contribution in [2.45, 2.75) is 18.8 Å². The molecule has 0 atom stereocenters. The lowest BCUT2D eigenvalue weighted by atomic mass is 9.92. The van der Waals surface area contributed by atoms with E-state index in [1.807, 2.05) is 6.20 Å². The fraction of sp³-hybridized carbons (Fsp3) is 0.462. The molecule has 2 aromatic rings. The van der Waals surface area contributed by atoms with Gasteiger partial charge in [-0.05, 0) is 54.0 Å². The zero-order chi connectivity index (χ0) is 12.5. The molecule has 5 heteroatoms. The van der Waals surface area contributed by atoms with Crippen molar-refractivity contribution >= 4 is 27.3 Å². The molecule has 1 N–H and O–H groups in total. The van der Waals surface area contributed by atoms with Gasteiger partial charge in [-0.15, -0.1) is 11.3 Å². The first-order chi connectivity index (χ1) is 8.75. The van der Waals surface area contributed by atoms with Crippen LogP contribution in [0.4, 0.5) is 0 Å². The molecule has 0 saturated carbocycles. The molecule has 0 bridgehead atoms. The Morgan fingerprint density at radius 3 is 2.83 bits per heavy atom. The Kier molecular flexibility index (Phi) is 3.54. The summed E-state index contributed by atoms with van der Waals surface area (Å²) in [5.41, 5.74) is 2.70. The van der Waals surface area contributed by atoms with E-state index in [0.717, 1.165) is 13.1 Å². The van der Waals surface area contributed by atoms with Gasteiger partial charge < -0.3 is 5.32 Å². The maximum Gasteiger partial charge on any atom is 0.0705 e. The molecule has 1 fully saturated rings. The molecular weight excluding hydrogens is 310 g/mol. The van der Waals surface area contributed by atoms with Gasteiger partial charge >= 0.3 is 0 Å². The Labute approximate surface area is 119 Å². The topological polar surface area (TPSA) is 29.9 Å². The lowest BCUT2D eigenvalue weighted by Crippen LogP contribution is -2.27. The summed E-state index contributed by atoms with van der Waals surface area (Å²) in [7, 11) is 2.06. The normalized spacial score (nSPS) is 17.2. The Morgan fingerprint density at radius 1 is 1.39 bits per heavy atom. The molecule has 0 spiro atoms. The molecule has 2 aromatic heterocycles. The van der Waals surface area contributed by atoms with Gasteiger partial charge in [0.15, 0.2) is 0 Å².